The Bertz CT molecular complexity index is 1170. The minimum Gasteiger partial charge on any atom is -0.345 e. The molecule has 0 aliphatic heterocycles. The fraction of sp³-hybridized carbons (Fsp3) is 0.0800. The van der Waals surface area contributed by atoms with Crippen LogP contribution >= 0.6 is 0 Å². The normalized spacial score (nSPS) is 11.5. The summed E-state index contributed by atoms with van der Waals surface area (Å²) < 4.78 is 1.56. The van der Waals surface area contributed by atoms with E-state index in [-0.39, 0.29) is 23.4 Å². The van der Waals surface area contributed by atoms with Crippen molar-refractivity contribution in [3.8, 4) is 5.69 Å². The number of anilines is 1. The molecule has 0 fully saturated rings. The molecule has 0 unspecified atom stereocenters. The number of nitrogens with zero attached hydrogens (tertiary/aromatic N) is 2. The molecular weight excluding hydrogens is 388 g/mol. The first-order chi connectivity index (χ1) is 15.1. The van der Waals surface area contributed by atoms with Crippen LogP contribution in [-0.4, -0.2) is 21.6 Å². The van der Waals surface area contributed by atoms with Crippen molar-refractivity contribution in [2.75, 3.05) is 5.32 Å². The van der Waals surface area contributed by atoms with Crippen molar-refractivity contribution in [3.63, 3.8) is 0 Å². The summed E-state index contributed by atoms with van der Waals surface area (Å²) in [5, 5.41) is 10.2. The largest absolute Gasteiger partial charge is 0.345 e. The molecule has 3 aromatic carbocycles. The smallest absolute Gasteiger partial charge is 0.257 e. The molecule has 4 rings (SSSR count). The molecule has 0 aliphatic rings. The molecule has 31 heavy (non-hydrogen) atoms. The van der Waals surface area contributed by atoms with E-state index in [1.54, 1.807) is 28.9 Å². The highest BCUT2D eigenvalue weighted by atomic mass is 16.2. The van der Waals surface area contributed by atoms with Crippen LogP contribution in [0.15, 0.2) is 97.2 Å². The van der Waals surface area contributed by atoms with Crippen molar-refractivity contribution in [2.24, 2.45) is 0 Å². The Hall–Kier alpha value is -4.19. The average molecular weight is 410 g/mol. The van der Waals surface area contributed by atoms with E-state index < -0.39 is 0 Å². The van der Waals surface area contributed by atoms with E-state index in [1.807, 2.05) is 73.7 Å². The zero-order valence-corrected chi connectivity index (χ0v) is 17.0. The van der Waals surface area contributed by atoms with E-state index in [4.69, 9.17) is 0 Å². The minimum atomic E-state index is -0.318. The van der Waals surface area contributed by atoms with Crippen molar-refractivity contribution >= 4 is 17.6 Å². The topological polar surface area (TPSA) is 76.0 Å². The number of hydrogen-bond donors (Lipinski definition) is 2. The molecule has 154 valence electrons. The maximum Gasteiger partial charge on any atom is 0.257 e. The zero-order valence-electron chi connectivity index (χ0n) is 17.0. The molecule has 2 N–H and O–H groups in total. The van der Waals surface area contributed by atoms with Gasteiger partial charge in [-0.3, -0.25) is 9.59 Å². The Labute approximate surface area is 180 Å². The lowest BCUT2D eigenvalue weighted by Gasteiger charge is -2.15. The summed E-state index contributed by atoms with van der Waals surface area (Å²) in [6, 6.07) is 27.7. The summed E-state index contributed by atoms with van der Waals surface area (Å²) in [6.07, 6.45) is 1.47. The third-order valence-electron chi connectivity index (χ3n) is 4.93. The van der Waals surface area contributed by atoms with Crippen LogP contribution in [-0.2, 0) is 0 Å². The van der Waals surface area contributed by atoms with Crippen LogP contribution in [0.1, 0.15) is 39.2 Å². The van der Waals surface area contributed by atoms with Crippen LogP contribution in [0.2, 0.25) is 0 Å². The van der Waals surface area contributed by atoms with Crippen LogP contribution in [0.3, 0.4) is 0 Å². The number of para-hydroxylation sites is 1. The Morgan fingerprint density at radius 2 is 1.39 bits per heavy atom. The number of nitrogens with one attached hydrogen (secondary N) is 2. The summed E-state index contributed by atoms with van der Waals surface area (Å²) in [5.74, 6) is -0.317. The van der Waals surface area contributed by atoms with Crippen LogP contribution in [0.5, 0.6) is 0 Å². The van der Waals surface area contributed by atoms with Gasteiger partial charge in [-0.05, 0) is 36.8 Å². The van der Waals surface area contributed by atoms with Gasteiger partial charge in [0.1, 0.15) is 11.4 Å². The van der Waals surface area contributed by atoms with Gasteiger partial charge >= 0.3 is 0 Å². The monoisotopic (exact) mass is 410 g/mol. The van der Waals surface area contributed by atoms with Gasteiger partial charge in [0, 0.05) is 5.56 Å². The number of carbonyl (C=O) groups excluding carboxylic acids is 2. The first-order valence-corrected chi connectivity index (χ1v) is 9.99. The summed E-state index contributed by atoms with van der Waals surface area (Å²) in [6.45, 7) is 1.91. The van der Waals surface area contributed by atoms with E-state index in [0.29, 0.717) is 11.4 Å². The Morgan fingerprint density at radius 1 is 0.806 bits per heavy atom. The lowest BCUT2D eigenvalue weighted by Crippen LogP contribution is -2.28. The van der Waals surface area contributed by atoms with Crippen molar-refractivity contribution in [2.45, 2.75) is 13.0 Å². The Balaban J connectivity index is 1.66. The van der Waals surface area contributed by atoms with Crippen LogP contribution in [0, 0.1) is 0 Å². The van der Waals surface area contributed by atoms with Gasteiger partial charge in [-0.1, -0.05) is 66.7 Å². The Kier molecular flexibility index (Phi) is 5.89. The predicted octanol–water partition coefficient (Wildman–Crippen LogP) is 4.62. The summed E-state index contributed by atoms with van der Waals surface area (Å²) in [4.78, 5) is 25.9. The molecule has 1 heterocycles. The van der Waals surface area contributed by atoms with Crippen LogP contribution < -0.4 is 10.6 Å². The summed E-state index contributed by atoms with van der Waals surface area (Å²) in [7, 11) is 0. The molecule has 0 saturated carbocycles. The molecule has 6 nitrogen and oxygen atoms in total. The molecule has 1 aromatic heterocycles. The first kappa shape index (κ1) is 20.1. The second-order valence-electron chi connectivity index (χ2n) is 7.08. The van der Waals surface area contributed by atoms with Crippen LogP contribution in [0.4, 0.5) is 5.82 Å². The molecule has 6 heteroatoms. The highest BCUT2D eigenvalue weighted by Gasteiger charge is 2.22. The molecule has 0 bridgehead atoms. The van der Waals surface area contributed by atoms with E-state index in [1.165, 1.54) is 6.20 Å². The second kappa shape index (κ2) is 9.09. The highest BCUT2D eigenvalue weighted by Crippen LogP contribution is 2.22. The van der Waals surface area contributed by atoms with Crippen LogP contribution in [0.25, 0.3) is 5.69 Å². The molecule has 0 aliphatic carbocycles. The molecular formula is C25H22N4O2. The van der Waals surface area contributed by atoms with E-state index in [2.05, 4.69) is 15.7 Å². The van der Waals surface area contributed by atoms with Crippen molar-refractivity contribution in [1.82, 2.24) is 15.1 Å². The lowest BCUT2D eigenvalue weighted by molar-refractivity contribution is 0.0941. The third-order valence-corrected chi connectivity index (χ3v) is 4.93. The van der Waals surface area contributed by atoms with Crippen molar-refractivity contribution in [1.29, 1.82) is 0 Å². The number of aromatic nitrogens is 2. The fourth-order valence-corrected chi connectivity index (χ4v) is 3.27. The van der Waals surface area contributed by atoms with Crippen molar-refractivity contribution < 1.29 is 9.59 Å². The zero-order chi connectivity index (χ0) is 21.6. The quantitative estimate of drug-likeness (QED) is 0.487. The van der Waals surface area contributed by atoms with Gasteiger partial charge in [0.2, 0.25) is 0 Å². The number of hydrogen-bond acceptors (Lipinski definition) is 3. The molecule has 2 amide bonds. The van der Waals surface area contributed by atoms with Gasteiger partial charge in [0.25, 0.3) is 11.8 Å². The van der Waals surface area contributed by atoms with E-state index in [0.717, 1.165) is 11.3 Å². The van der Waals surface area contributed by atoms with Crippen molar-refractivity contribution in [3.05, 3.63) is 114 Å². The van der Waals surface area contributed by atoms with Gasteiger partial charge in [0.15, 0.2) is 0 Å². The summed E-state index contributed by atoms with van der Waals surface area (Å²) >= 11 is 0. The fourth-order valence-electron chi connectivity index (χ4n) is 3.27. The average Bonchev–Trinajstić information content (AvgIpc) is 3.24. The second-order valence-corrected chi connectivity index (χ2v) is 7.08. The number of amides is 2. The standard InChI is InChI=1S/C25H22N4O2/c1-18(19-11-5-2-6-12-19)27-25(31)22-17-26-29(21-15-9-4-10-16-21)23(22)28-24(30)20-13-7-3-8-14-20/h2-18H,1H3,(H,27,31)(H,28,30)/t18-/m1/s1. The Morgan fingerprint density at radius 3 is 2.03 bits per heavy atom. The maximum absolute atomic E-state index is 13.1. The lowest BCUT2D eigenvalue weighted by atomic mass is 10.1. The van der Waals surface area contributed by atoms with Gasteiger partial charge in [-0.25, -0.2) is 4.68 Å². The first-order valence-electron chi connectivity index (χ1n) is 9.99. The summed E-state index contributed by atoms with van der Waals surface area (Å²) in [5.41, 5.74) is 2.51. The molecule has 0 radical (unpaired) electrons. The van der Waals surface area contributed by atoms with Gasteiger partial charge in [-0.15, -0.1) is 0 Å². The number of benzene rings is 3. The third kappa shape index (κ3) is 4.53. The van der Waals surface area contributed by atoms with Gasteiger partial charge in [-0.2, -0.15) is 5.10 Å². The molecule has 0 saturated heterocycles. The van der Waals surface area contributed by atoms with E-state index >= 15 is 0 Å². The predicted molar refractivity (Wildman–Crippen MR) is 120 cm³/mol. The number of carbonyl (C=O) groups is 2. The maximum atomic E-state index is 13.1. The minimum absolute atomic E-state index is 0.202. The molecule has 4 aromatic rings. The highest BCUT2D eigenvalue weighted by molar-refractivity contribution is 6.08. The van der Waals surface area contributed by atoms with E-state index in [9.17, 15) is 9.59 Å². The molecule has 0 spiro atoms. The van der Waals surface area contributed by atoms with Gasteiger partial charge in [0.05, 0.1) is 17.9 Å². The number of rotatable bonds is 6. The van der Waals surface area contributed by atoms with Gasteiger partial charge < -0.3 is 10.6 Å². The molecule has 1 atom stereocenters. The SMILES string of the molecule is C[C@@H](NC(=O)c1cnn(-c2ccccc2)c1NC(=O)c1ccccc1)c1ccccc1.